The molecule has 0 aliphatic carbocycles. The zero-order valence-electron chi connectivity index (χ0n) is 11.1. The number of aromatic nitrogens is 1. The maximum absolute atomic E-state index is 10.1. The fraction of sp³-hybridized carbons (Fsp3) is 0.400. The Morgan fingerprint density at radius 1 is 1.37 bits per heavy atom. The smallest absolute Gasteiger partial charge is 0.0951 e. The van der Waals surface area contributed by atoms with Gasteiger partial charge in [-0.25, -0.2) is 0 Å². The van der Waals surface area contributed by atoms with Crippen molar-refractivity contribution in [3.8, 4) is 0 Å². The summed E-state index contributed by atoms with van der Waals surface area (Å²) in [4.78, 5) is 6.59. The molecule has 4 heteroatoms. The van der Waals surface area contributed by atoms with Crippen molar-refractivity contribution in [2.24, 2.45) is 5.92 Å². The molecule has 1 aromatic carbocycles. The van der Waals surface area contributed by atoms with E-state index in [2.05, 4.69) is 16.8 Å². The molecule has 3 N–H and O–H groups in total. The summed E-state index contributed by atoms with van der Waals surface area (Å²) in [6.45, 7) is 3.74. The van der Waals surface area contributed by atoms with Crippen LogP contribution in [0.15, 0.2) is 30.5 Å². The van der Waals surface area contributed by atoms with Crippen molar-refractivity contribution >= 4 is 22.3 Å². The molecular formula is C15H19N3O. The molecule has 1 aliphatic heterocycles. The lowest BCUT2D eigenvalue weighted by molar-refractivity contribution is 0.103. The van der Waals surface area contributed by atoms with Crippen molar-refractivity contribution in [3.63, 3.8) is 0 Å². The van der Waals surface area contributed by atoms with Crippen LogP contribution in [0.25, 0.3) is 10.9 Å². The summed E-state index contributed by atoms with van der Waals surface area (Å²) in [7, 11) is 0. The second kappa shape index (κ2) is 4.70. The largest absolute Gasteiger partial charge is 0.397 e. The highest BCUT2D eigenvalue weighted by atomic mass is 16.3. The van der Waals surface area contributed by atoms with Crippen LogP contribution >= 0.6 is 0 Å². The molecule has 2 heterocycles. The minimum absolute atomic E-state index is 0.266. The lowest BCUT2D eigenvalue weighted by Gasteiger charge is -2.36. The molecule has 19 heavy (non-hydrogen) atoms. The fourth-order valence-electron chi connectivity index (χ4n) is 2.72. The third-order valence-electron chi connectivity index (χ3n) is 4.04. The van der Waals surface area contributed by atoms with Gasteiger partial charge in [0.15, 0.2) is 0 Å². The quantitative estimate of drug-likeness (QED) is 0.767. The molecule has 0 radical (unpaired) electrons. The maximum Gasteiger partial charge on any atom is 0.0951 e. The third kappa shape index (κ3) is 2.12. The first-order chi connectivity index (χ1) is 9.16. The summed E-state index contributed by atoms with van der Waals surface area (Å²) in [6.07, 6.45) is 2.50. The van der Waals surface area contributed by atoms with Gasteiger partial charge in [0.2, 0.25) is 0 Å². The first-order valence-corrected chi connectivity index (χ1v) is 6.73. The van der Waals surface area contributed by atoms with E-state index < -0.39 is 0 Å². The molecule has 2 atom stereocenters. The molecule has 100 valence electrons. The number of nitrogens with zero attached hydrogens (tertiary/aromatic N) is 2. The normalized spacial score (nSPS) is 23.8. The standard InChI is InChI=1S/C15H19N3O/c1-10-6-8-18(9-14(10)19)13-5-4-12(16)15-11(13)3-2-7-17-15/h2-5,7,10,14,19H,6,8-9,16H2,1H3. The number of nitrogen functional groups attached to an aromatic ring is 1. The molecule has 1 fully saturated rings. The van der Waals surface area contributed by atoms with E-state index in [0.717, 1.165) is 29.6 Å². The van der Waals surface area contributed by atoms with Crippen LogP contribution in [0, 0.1) is 5.92 Å². The Morgan fingerprint density at radius 3 is 3.00 bits per heavy atom. The minimum atomic E-state index is -0.266. The van der Waals surface area contributed by atoms with Gasteiger partial charge in [0.05, 0.1) is 17.3 Å². The van der Waals surface area contributed by atoms with Gasteiger partial charge in [-0.3, -0.25) is 4.98 Å². The van der Waals surface area contributed by atoms with E-state index in [9.17, 15) is 5.11 Å². The number of β-amino-alcohol motifs (C(OH)–C–C–N with tert-alkyl or cyclic N) is 1. The molecule has 4 nitrogen and oxygen atoms in total. The predicted molar refractivity (Wildman–Crippen MR) is 78.2 cm³/mol. The Kier molecular flexibility index (Phi) is 3.03. The van der Waals surface area contributed by atoms with E-state index in [1.807, 2.05) is 24.3 Å². The molecule has 0 amide bonds. The second-order valence-electron chi connectivity index (χ2n) is 5.35. The summed E-state index contributed by atoms with van der Waals surface area (Å²) in [5, 5.41) is 11.1. The van der Waals surface area contributed by atoms with E-state index in [-0.39, 0.29) is 6.10 Å². The first-order valence-electron chi connectivity index (χ1n) is 6.73. The number of nitrogens with two attached hydrogens (primary N) is 1. The van der Waals surface area contributed by atoms with Gasteiger partial charge in [-0.2, -0.15) is 0 Å². The molecule has 0 saturated carbocycles. The van der Waals surface area contributed by atoms with Gasteiger partial charge in [-0.05, 0) is 36.6 Å². The van der Waals surface area contributed by atoms with E-state index >= 15 is 0 Å². The molecule has 2 aromatic rings. The Hall–Kier alpha value is -1.81. The average Bonchev–Trinajstić information content (AvgIpc) is 2.43. The van der Waals surface area contributed by atoms with Crippen LogP contribution in [-0.4, -0.2) is 29.3 Å². The number of rotatable bonds is 1. The molecule has 1 saturated heterocycles. The maximum atomic E-state index is 10.1. The zero-order valence-corrected chi connectivity index (χ0v) is 11.1. The zero-order chi connectivity index (χ0) is 13.4. The number of aliphatic hydroxyl groups excluding tert-OH is 1. The van der Waals surface area contributed by atoms with Crippen LogP contribution in [0.1, 0.15) is 13.3 Å². The van der Waals surface area contributed by atoms with Gasteiger partial charge in [0, 0.05) is 30.4 Å². The lowest BCUT2D eigenvalue weighted by atomic mass is 9.95. The van der Waals surface area contributed by atoms with Crippen molar-refractivity contribution in [3.05, 3.63) is 30.5 Å². The van der Waals surface area contributed by atoms with Gasteiger partial charge >= 0.3 is 0 Å². The molecule has 0 spiro atoms. The Morgan fingerprint density at radius 2 is 2.21 bits per heavy atom. The van der Waals surface area contributed by atoms with Crippen molar-refractivity contribution in [2.75, 3.05) is 23.7 Å². The first kappa shape index (κ1) is 12.2. The Balaban J connectivity index is 2.04. The molecule has 2 unspecified atom stereocenters. The fourth-order valence-corrected chi connectivity index (χ4v) is 2.72. The summed E-state index contributed by atoms with van der Waals surface area (Å²) in [5.74, 6) is 0.370. The Bertz CT molecular complexity index is 599. The highest BCUT2D eigenvalue weighted by Gasteiger charge is 2.25. The molecule has 1 aliphatic rings. The highest BCUT2D eigenvalue weighted by molar-refractivity contribution is 5.98. The van der Waals surface area contributed by atoms with Gasteiger partial charge in [0.1, 0.15) is 0 Å². The van der Waals surface area contributed by atoms with Gasteiger partial charge in [-0.15, -0.1) is 0 Å². The van der Waals surface area contributed by atoms with Crippen molar-refractivity contribution in [1.82, 2.24) is 4.98 Å². The van der Waals surface area contributed by atoms with Crippen LogP contribution in [0.4, 0.5) is 11.4 Å². The lowest BCUT2D eigenvalue weighted by Crippen LogP contribution is -2.43. The van der Waals surface area contributed by atoms with E-state index in [1.165, 1.54) is 0 Å². The second-order valence-corrected chi connectivity index (χ2v) is 5.35. The van der Waals surface area contributed by atoms with Crippen LogP contribution in [-0.2, 0) is 0 Å². The minimum Gasteiger partial charge on any atom is -0.397 e. The number of piperidine rings is 1. The summed E-state index contributed by atoms with van der Waals surface area (Å²) in [6, 6.07) is 7.89. The van der Waals surface area contributed by atoms with E-state index in [1.54, 1.807) is 6.20 Å². The summed E-state index contributed by atoms with van der Waals surface area (Å²) in [5.41, 5.74) is 8.63. The monoisotopic (exact) mass is 257 g/mol. The SMILES string of the molecule is CC1CCN(c2ccc(N)c3ncccc23)CC1O. The number of anilines is 2. The molecule has 0 bridgehead atoms. The van der Waals surface area contributed by atoms with Crippen molar-refractivity contribution in [1.29, 1.82) is 0 Å². The topological polar surface area (TPSA) is 62.4 Å². The van der Waals surface area contributed by atoms with E-state index in [0.29, 0.717) is 18.2 Å². The van der Waals surface area contributed by atoms with Crippen LogP contribution in [0.3, 0.4) is 0 Å². The third-order valence-corrected chi connectivity index (χ3v) is 4.04. The Labute approximate surface area is 112 Å². The predicted octanol–water partition coefficient (Wildman–Crippen LogP) is 2.02. The number of aliphatic hydroxyl groups is 1. The van der Waals surface area contributed by atoms with Crippen molar-refractivity contribution in [2.45, 2.75) is 19.4 Å². The molecule has 1 aromatic heterocycles. The number of pyridine rings is 1. The van der Waals surface area contributed by atoms with Gasteiger partial charge in [-0.1, -0.05) is 6.92 Å². The molecular weight excluding hydrogens is 238 g/mol. The van der Waals surface area contributed by atoms with Gasteiger partial charge in [0.25, 0.3) is 0 Å². The highest BCUT2D eigenvalue weighted by Crippen LogP contribution is 2.32. The van der Waals surface area contributed by atoms with Crippen LogP contribution in [0.2, 0.25) is 0 Å². The number of benzene rings is 1. The summed E-state index contributed by atoms with van der Waals surface area (Å²) < 4.78 is 0. The van der Waals surface area contributed by atoms with E-state index in [4.69, 9.17) is 5.73 Å². The molecule has 3 rings (SSSR count). The number of hydrogen-bond donors (Lipinski definition) is 2. The average molecular weight is 257 g/mol. The van der Waals surface area contributed by atoms with Crippen molar-refractivity contribution < 1.29 is 5.11 Å². The van der Waals surface area contributed by atoms with Crippen LogP contribution in [0.5, 0.6) is 0 Å². The number of hydrogen-bond acceptors (Lipinski definition) is 4. The number of fused-ring (bicyclic) bond motifs is 1. The van der Waals surface area contributed by atoms with Crippen LogP contribution < -0.4 is 10.6 Å². The van der Waals surface area contributed by atoms with Gasteiger partial charge < -0.3 is 15.7 Å². The summed E-state index contributed by atoms with van der Waals surface area (Å²) >= 11 is 0.